The maximum atomic E-state index is 12.6. The largest absolute Gasteiger partial charge is 0.462 e. The van der Waals surface area contributed by atoms with Crippen molar-refractivity contribution in [2.75, 3.05) is 11.3 Å². The van der Waals surface area contributed by atoms with Crippen molar-refractivity contribution in [2.45, 2.75) is 18.7 Å². The van der Waals surface area contributed by atoms with E-state index in [1.54, 1.807) is 32.0 Å². The SMILES string of the molecule is CCOC(=O)c1ccc(S(=O)(=O)Nc2cccc(Cl)c2C)c(Br)c1. The molecule has 0 atom stereocenters. The van der Waals surface area contributed by atoms with E-state index in [1.165, 1.54) is 18.2 Å². The Morgan fingerprint density at radius 1 is 1.29 bits per heavy atom. The first kappa shape index (κ1) is 18.8. The molecule has 0 saturated carbocycles. The van der Waals surface area contributed by atoms with Crippen LogP contribution in [0.25, 0.3) is 0 Å². The Morgan fingerprint density at radius 3 is 2.62 bits per heavy atom. The zero-order valence-corrected chi connectivity index (χ0v) is 16.1. The molecule has 2 rings (SSSR count). The smallest absolute Gasteiger partial charge is 0.338 e. The number of hydrogen-bond donors (Lipinski definition) is 1. The summed E-state index contributed by atoms with van der Waals surface area (Å²) in [5.41, 5.74) is 1.28. The minimum absolute atomic E-state index is 0.00919. The molecule has 8 heteroatoms. The summed E-state index contributed by atoms with van der Waals surface area (Å²) >= 11 is 9.21. The number of hydrogen-bond acceptors (Lipinski definition) is 4. The van der Waals surface area contributed by atoms with Gasteiger partial charge in [-0.05, 0) is 65.7 Å². The number of carbonyl (C=O) groups is 1. The van der Waals surface area contributed by atoms with Gasteiger partial charge in [0.05, 0.1) is 17.9 Å². The lowest BCUT2D eigenvalue weighted by atomic mass is 10.2. The summed E-state index contributed by atoms with van der Waals surface area (Å²) in [7, 11) is -3.85. The van der Waals surface area contributed by atoms with Gasteiger partial charge in [-0.25, -0.2) is 13.2 Å². The fourth-order valence-corrected chi connectivity index (χ4v) is 4.35. The number of carbonyl (C=O) groups excluding carboxylic acids is 1. The van der Waals surface area contributed by atoms with Gasteiger partial charge in [-0.15, -0.1) is 0 Å². The predicted molar refractivity (Wildman–Crippen MR) is 97.1 cm³/mol. The summed E-state index contributed by atoms with van der Waals surface area (Å²) < 4.78 is 32.8. The number of sulfonamides is 1. The highest BCUT2D eigenvalue weighted by molar-refractivity contribution is 9.10. The summed E-state index contributed by atoms with van der Waals surface area (Å²) in [6.07, 6.45) is 0. The predicted octanol–water partition coefficient (Wildman–Crippen LogP) is 4.39. The minimum Gasteiger partial charge on any atom is -0.462 e. The van der Waals surface area contributed by atoms with Crippen LogP contribution in [0, 0.1) is 6.92 Å². The van der Waals surface area contributed by atoms with Crippen molar-refractivity contribution in [3.63, 3.8) is 0 Å². The third-order valence-corrected chi connectivity index (χ3v) is 6.00. The second-order valence-electron chi connectivity index (χ2n) is 4.88. The van der Waals surface area contributed by atoms with E-state index in [0.717, 1.165) is 0 Å². The second-order valence-corrected chi connectivity index (χ2v) is 7.80. The summed E-state index contributed by atoms with van der Waals surface area (Å²) in [6, 6.07) is 9.13. The lowest BCUT2D eigenvalue weighted by Crippen LogP contribution is -2.15. The van der Waals surface area contributed by atoms with E-state index in [1.807, 2.05) is 0 Å². The average Bonchev–Trinajstić information content (AvgIpc) is 2.51. The number of esters is 1. The van der Waals surface area contributed by atoms with E-state index in [4.69, 9.17) is 16.3 Å². The fourth-order valence-electron chi connectivity index (χ4n) is 1.98. The van der Waals surface area contributed by atoms with E-state index >= 15 is 0 Å². The van der Waals surface area contributed by atoms with E-state index in [0.29, 0.717) is 16.3 Å². The molecule has 0 fully saturated rings. The average molecular weight is 433 g/mol. The first-order valence-corrected chi connectivity index (χ1v) is 9.66. The minimum atomic E-state index is -3.85. The number of benzene rings is 2. The Labute approximate surface area is 154 Å². The first-order valence-electron chi connectivity index (χ1n) is 7.01. The zero-order valence-electron chi connectivity index (χ0n) is 13.0. The summed E-state index contributed by atoms with van der Waals surface area (Å²) in [5, 5.41) is 0.465. The number of ether oxygens (including phenoxy) is 1. The van der Waals surface area contributed by atoms with Gasteiger partial charge in [0.15, 0.2) is 0 Å². The number of nitrogens with one attached hydrogen (secondary N) is 1. The van der Waals surface area contributed by atoms with Crippen LogP contribution in [0.2, 0.25) is 5.02 Å². The van der Waals surface area contributed by atoms with Gasteiger partial charge in [0.1, 0.15) is 4.90 Å². The molecule has 0 radical (unpaired) electrons. The Balaban J connectivity index is 2.36. The molecule has 0 aliphatic heterocycles. The Kier molecular flexibility index (Phi) is 5.90. The Bertz CT molecular complexity index is 884. The van der Waals surface area contributed by atoms with Crippen LogP contribution in [0.4, 0.5) is 5.69 Å². The molecule has 0 heterocycles. The van der Waals surface area contributed by atoms with E-state index in [9.17, 15) is 13.2 Å². The van der Waals surface area contributed by atoms with Crippen LogP contribution in [-0.2, 0) is 14.8 Å². The van der Waals surface area contributed by atoms with E-state index in [-0.39, 0.29) is 21.5 Å². The van der Waals surface area contributed by atoms with Gasteiger partial charge in [0, 0.05) is 9.50 Å². The molecule has 1 N–H and O–H groups in total. The van der Waals surface area contributed by atoms with Gasteiger partial charge in [0.2, 0.25) is 0 Å². The highest BCUT2D eigenvalue weighted by Crippen LogP contribution is 2.29. The van der Waals surface area contributed by atoms with Gasteiger partial charge in [-0.1, -0.05) is 17.7 Å². The maximum Gasteiger partial charge on any atom is 0.338 e. The van der Waals surface area contributed by atoms with Crippen LogP contribution in [-0.4, -0.2) is 21.0 Å². The molecule has 0 aromatic heterocycles. The highest BCUT2D eigenvalue weighted by atomic mass is 79.9. The molecule has 128 valence electrons. The van der Waals surface area contributed by atoms with Crippen LogP contribution >= 0.6 is 27.5 Å². The topological polar surface area (TPSA) is 72.5 Å². The van der Waals surface area contributed by atoms with Gasteiger partial charge >= 0.3 is 5.97 Å². The molecule has 24 heavy (non-hydrogen) atoms. The van der Waals surface area contributed by atoms with Crippen molar-refractivity contribution >= 4 is 49.2 Å². The molecule has 0 aliphatic rings. The molecule has 0 saturated heterocycles. The van der Waals surface area contributed by atoms with Crippen molar-refractivity contribution in [3.8, 4) is 0 Å². The summed E-state index contributed by atoms with van der Waals surface area (Å²) in [5.74, 6) is -0.513. The van der Waals surface area contributed by atoms with Crippen molar-refractivity contribution in [1.29, 1.82) is 0 Å². The molecular weight excluding hydrogens is 418 g/mol. The standard InChI is InChI=1S/C16H15BrClNO4S/c1-3-23-16(20)11-7-8-15(12(17)9-11)24(21,22)19-14-6-4-5-13(18)10(14)2/h4-9,19H,3H2,1-2H3. The first-order chi connectivity index (χ1) is 11.3. The van der Waals surface area contributed by atoms with Crippen molar-refractivity contribution in [2.24, 2.45) is 0 Å². The Morgan fingerprint density at radius 2 is 2.00 bits per heavy atom. The lowest BCUT2D eigenvalue weighted by Gasteiger charge is -2.13. The molecule has 5 nitrogen and oxygen atoms in total. The van der Waals surface area contributed by atoms with Crippen LogP contribution < -0.4 is 4.72 Å². The lowest BCUT2D eigenvalue weighted by molar-refractivity contribution is 0.0526. The zero-order chi connectivity index (χ0) is 17.9. The van der Waals surface area contributed by atoms with Crippen molar-refractivity contribution in [1.82, 2.24) is 0 Å². The van der Waals surface area contributed by atoms with Gasteiger partial charge in [0.25, 0.3) is 10.0 Å². The molecule has 0 bridgehead atoms. The van der Waals surface area contributed by atoms with Crippen LogP contribution in [0.3, 0.4) is 0 Å². The van der Waals surface area contributed by atoms with Gasteiger partial charge < -0.3 is 4.74 Å². The maximum absolute atomic E-state index is 12.6. The molecule has 2 aromatic rings. The third-order valence-electron chi connectivity index (χ3n) is 3.24. The molecule has 0 spiro atoms. The van der Waals surface area contributed by atoms with Gasteiger partial charge in [-0.2, -0.15) is 0 Å². The van der Waals surface area contributed by atoms with Crippen LogP contribution in [0.5, 0.6) is 0 Å². The summed E-state index contributed by atoms with van der Waals surface area (Å²) in [6.45, 7) is 3.66. The summed E-state index contributed by atoms with van der Waals surface area (Å²) in [4.78, 5) is 11.7. The van der Waals surface area contributed by atoms with Crippen LogP contribution in [0.15, 0.2) is 45.8 Å². The highest BCUT2D eigenvalue weighted by Gasteiger charge is 2.20. The molecule has 0 amide bonds. The third kappa shape index (κ3) is 4.09. The quantitative estimate of drug-likeness (QED) is 0.711. The number of rotatable bonds is 5. The molecule has 2 aromatic carbocycles. The van der Waals surface area contributed by atoms with Crippen molar-refractivity contribution in [3.05, 3.63) is 57.0 Å². The monoisotopic (exact) mass is 431 g/mol. The van der Waals surface area contributed by atoms with E-state index in [2.05, 4.69) is 20.7 Å². The van der Waals surface area contributed by atoms with Gasteiger partial charge in [-0.3, -0.25) is 4.72 Å². The molecule has 0 unspecified atom stereocenters. The van der Waals surface area contributed by atoms with E-state index < -0.39 is 16.0 Å². The number of halogens is 2. The normalized spacial score (nSPS) is 11.2. The fraction of sp³-hybridized carbons (Fsp3) is 0.188. The second kappa shape index (κ2) is 7.55. The Hall–Kier alpha value is -1.57. The van der Waals surface area contributed by atoms with Crippen LogP contribution in [0.1, 0.15) is 22.8 Å². The number of anilines is 1. The van der Waals surface area contributed by atoms with Crippen molar-refractivity contribution < 1.29 is 17.9 Å². The molecular formula is C16H15BrClNO4S. The molecule has 0 aliphatic carbocycles.